The molecule has 0 bridgehead atoms. The number of aromatic nitrogens is 4. The van der Waals surface area contributed by atoms with E-state index in [2.05, 4.69) is 26.1 Å². The van der Waals surface area contributed by atoms with E-state index in [1.807, 2.05) is 37.3 Å². The third kappa shape index (κ3) is 6.12. The molecule has 4 N–H and O–H groups in total. The SMILES string of the molecule is COc1c(Nc2cc(C)[nH]n2)nc(Sc2ccc(CC(=O)C3CC3)cc2)nc1NC1CCNCC1. The van der Waals surface area contributed by atoms with E-state index in [4.69, 9.17) is 14.7 Å². The summed E-state index contributed by atoms with van der Waals surface area (Å²) in [7, 11) is 1.63. The van der Waals surface area contributed by atoms with Crippen molar-refractivity contribution in [2.75, 3.05) is 30.8 Å². The van der Waals surface area contributed by atoms with Gasteiger partial charge in [-0.25, -0.2) is 9.97 Å². The van der Waals surface area contributed by atoms with E-state index in [1.54, 1.807) is 7.11 Å². The third-order valence-electron chi connectivity index (χ3n) is 6.23. The number of carbonyl (C=O) groups excluding carboxylic acids is 1. The first kappa shape index (κ1) is 23.6. The molecule has 2 aromatic heterocycles. The molecule has 0 radical (unpaired) electrons. The Morgan fingerprint density at radius 1 is 1.11 bits per heavy atom. The average Bonchev–Trinajstić information content (AvgIpc) is 3.63. The second kappa shape index (κ2) is 10.7. The number of benzene rings is 1. The van der Waals surface area contributed by atoms with Gasteiger partial charge < -0.3 is 20.7 Å². The van der Waals surface area contributed by atoms with Crippen LogP contribution >= 0.6 is 11.8 Å². The number of H-pyrrole nitrogens is 1. The van der Waals surface area contributed by atoms with E-state index in [0.29, 0.717) is 46.6 Å². The molecule has 5 rings (SSSR count). The van der Waals surface area contributed by atoms with Crippen molar-refractivity contribution in [1.29, 1.82) is 0 Å². The van der Waals surface area contributed by atoms with Crippen LogP contribution in [0.25, 0.3) is 0 Å². The van der Waals surface area contributed by atoms with Crippen LogP contribution in [-0.4, -0.2) is 52.2 Å². The number of nitrogens with zero attached hydrogens (tertiary/aromatic N) is 3. The van der Waals surface area contributed by atoms with E-state index in [0.717, 1.165) is 54.9 Å². The molecule has 184 valence electrons. The van der Waals surface area contributed by atoms with Crippen molar-refractivity contribution < 1.29 is 9.53 Å². The number of aryl methyl sites for hydroxylation is 1. The van der Waals surface area contributed by atoms with Gasteiger partial charge in [0.1, 0.15) is 5.78 Å². The topological polar surface area (TPSA) is 117 Å². The maximum Gasteiger partial charge on any atom is 0.204 e. The van der Waals surface area contributed by atoms with Crippen molar-refractivity contribution in [2.24, 2.45) is 5.92 Å². The molecule has 1 saturated carbocycles. The van der Waals surface area contributed by atoms with Crippen LogP contribution in [0.5, 0.6) is 5.75 Å². The molecular weight excluding hydrogens is 462 g/mol. The maximum atomic E-state index is 12.1. The standard InChI is InChI=1S/C25H31N7O2S/c1-15-13-21(32-31-15)28-24-22(34-2)23(27-18-9-11-26-12-10-18)29-25(30-24)35-19-7-3-16(4-8-19)14-20(33)17-5-6-17/h3-4,7-8,13,17-18,26H,5-6,9-12,14H2,1-2H3,(H3,27,28,29,30,31,32). The highest BCUT2D eigenvalue weighted by Crippen LogP contribution is 2.37. The average molecular weight is 494 g/mol. The van der Waals surface area contributed by atoms with Crippen LogP contribution in [0.2, 0.25) is 0 Å². The van der Waals surface area contributed by atoms with Crippen LogP contribution in [0.3, 0.4) is 0 Å². The normalized spacial score (nSPS) is 16.2. The quantitative estimate of drug-likeness (QED) is 0.310. The van der Waals surface area contributed by atoms with Gasteiger partial charge in [-0.05, 0) is 75.2 Å². The number of methoxy groups -OCH3 is 1. The Balaban J connectivity index is 1.39. The van der Waals surface area contributed by atoms with Crippen LogP contribution in [0.1, 0.15) is 36.9 Å². The van der Waals surface area contributed by atoms with Crippen LogP contribution in [0.4, 0.5) is 17.5 Å². The second-order valence-electron chi connectivity index (χ2n) is 9.13. The Labute approximate surface area is 209 Å². The lowest BCUT2D eigenvalue weighted by atomic mass is 10.1. The Kier molecular flexibility index (Phi) is 7.19. The van der Waals surface area contributed by atoms with Gasteiger partial charge in [0.15, 0.2) is 22.6 Å². The zero-order chi connectivity index (χ0) is 24.2. The summed E-state index contributed by atoms with van der Waals surface area (Å²) < 4.78 is 5.73. The largest absolute Gasteiger partial charge is 0.490 e. The molecule has 9 nitrogen and oxygen atoms in total. The smallest absolute Gasteiger partial charge is 0.204 e. The van der Waals surface area contributed by atoms with Crippen LogP contribution < -0.4 is 20.7 Å². The molecule has 2 aliphatic rings. The lowest BCUT2D eigenvalue weighted by molar-refractivity contribution is -0.119. The highest BCUT2D eigenvalue weighted by atomic mass is 32.2. The lowest BCUT2D eigenvalue weighted by Crippen LogP contribution is -2.35. The highest BCUT2D eigenvalue weighted by molar-refractivity contribution is 7.99. The van der Waals surface area contributed by atoms with Crippen molar-refractivity contribution in [3.05, 3.63) is 41.6 Å². The fraction of sp³-hybridized carbons (Fsp3) is 0.440. The minimum atomic E-state index is 0.284. The summed E-state index contributed by atoms with van der Waals surface area (Å²) in [6.07, 6.45) is 4.62. The molecular formula is C25H31N7O2S. The molecule has 3 aromatic rings. The van der Waals surface area contributed by atoms with Gasteiger partial charge in [-0.2, -0.15) is 5.10 Å². The minimum absolute atomic E-state index is 0.284. The molecule has 35 heavy (non-hydrogen) atoms. The molecule has 0 atom stereocenters. The zero-order valence-corrected chi connectivity index (χ0v) is 20.9. The number of Topliss-reactive ketones (excluding diaryl/α,β-unsaturated/α-hetero) is 1. The first-order chi connectivity index (χ1) is 17.1. The van der Waals surface area contributed by atoms with Crippen LogP contribution in [0.15, 0.2) is 40.4 Å². The van der Waals surface area contributed by atoms with Crippen LogP contribution in [-0.2, 0) is 11.2 Å². The highest BCUT2D eigenvalue weighted by Gasteiger charge is 2.29. The first-order valence-electron chi connectivity index (χ1n) is 12.1. The predicted molar refractivity (Wildman–Crippen MR) is 137 cm³/mol. The van der Waals surface area contributed by atoms with Crippen LogP contribution in [0, 0.1) is 12.8 Å². The predicted octanol–water partition coefficient (Wildman–Crippen LogP) is 4.10. The molecule has 0 spiro atoms. The summed E-state index contributed by atoms with van der Waals surface area (Å²) in [5.74, 6) is 3.07. The summed E-state index contributed by atoms with van der Waals surface area (Å²) in [5.41, 5.74) is 2.00. The van der Waals surface area contributed by atoms with Gasteiger partial charge in [0.25, 0.3) is 0 Å². The number of piperidine rings is 1. The summed E-state index contributed by atoms with van der Waals surface area (Å²) in [6.45, 7) is 3.89. The number of carbonyl (C=O) groups is 1. The number of anilines is 3. The van der Waals surface area contributed by atoms with E-state index >= 15 is 0 Å². The molecule has 0 unspecified atom stereocenters. The van der Waals surface area contributed by atoms with E-state index in [-0.39, 0.29) is 5.92 Å². The molecule has 1 aliphatic carbocycles. The molecule has 1 saturated heterocycles. The number of ether oxygens (including phenoxy) is 1. The second-order valence-corrected chi connectivity index (χ2v) is 10.2. The molecule has 2 fully saturated rings. The zero-order valence-electron chi connectivity index (χ0n) is 20.1. The minimum Gasteiger partial charge on any atom is -0.490 e. The van der Waals surface area contributed by atoms with E-state index in [9.17, 15) is 4.79 Å². The van der Waals surface area contributed by atoms with Gasteiger partial charge >= 0.3 is 0 Å². The molecule has 10 heteroatoms. The van der Waals surface area contributed by atoms with Crippen molar-refractivity contribution in [1.82, 2.24) is 25.5 Å². The first-order valence-corrected chi connectivity index (χ1v) is 12.9. The summed E-state index contributed by atoms with van der Waals surface area (Å²) >= 11 is 1.48. The van der Waals surface area contributed by atoms with Gasteiger partial charge in [-0.1, -0.05) is 12.1 Å². The van der Waals surface area contributed by atoms with Crippen molar-refractivity contribution in [2.45, 2.75) is 55.1 Å². The Bertz CT molecular complexity index is 1170. The number of nitrogens with one attached hydrogen (secondary N) is 4. The summed E-state index contributed by atoms with van der Waals surface area (Å²) in [6, 6.07) is 10.3. The van der Waals surface area contributed by atoms with E-state index in [1.165, 1.54) is 11.8 Å². The molecule has 1 aromatic carbocycles. The number of rotatable bonds is 10. The number of ketones is 1. The Morgan fingerprint density at radius 2 is 1.86 bits per heavy atom. The number of hydrogen-bond donors (Lipinski definition) is 4. The van der Waals surface area contributed by atoms with Gasteiger partial charge in [0, 0.05) is 35.0 Å². The van der Waals surface area contributed by atoms with Crippen molar-refractivity contribution >= 4 is 35.0 Å². The van der Waals surface area contributed by atoms with Gasteiger partial charge in [-0.15, -0.1) is 0 Å². The van der Waals surface area contributed by atoms with Crippen molar-refractivity contribution in [3.8, 4) is 5.75 Å². The summed E-state index contributed by atoms with van der Waals surface area (Å²) in [4.78, 5) is 22.7. The summed E-state index contributed by atoms with van der Waals surface area (Å²) in [5, 5.41) is 18.1. The molecule has 0 amide bonds. The Morgan fingerprint density at radius 3 is 2.51 bits per heavy atom. The number of aromatic amines is 1. The Hall–Kier alpha value is -3.11. The third-order valence-corrected chi connectivity index (χ3v) is 7.10. The number of hydrogen-bond acceptors (Lipinski definition) is 9. The van der Waals surface area contributed by atoms with Gasteiger partial charge in [0.2, 0.25) is 5.75 Å². The molecule has 3 heterocycles. The molecule has 1 aliphatic heterocycles. The monoisotopic (exact) mass is 493 g/mol. The maximum absolute atomic E-state index is 12.1. The fourth-order valence-electron chi connectivity index (χ4n) is 4.15. The van der Waals surface area contributed by atoms with Gasteiger partial charge in [-0.3, -0.25) is 9.89 Å². The van der Waals surface area contributed by atoms with E-state index < -0.39 is 0 Å². The fourth-order valence-corrected chi connectivity index (χ4v) is 4.90. The lowest BCUT2D eigenvalue weighted by Gasteiger charge is -2.25. The van der Waals surface area contributed by atoms with Crippen molar-refractivity contribution in [3.63, 3.8) is 0 Å². The van der Waals surface area contributed by atoms with Gasteiger partial charge in [0.05, 0.1) is 7.11 Å².